The number of pyridine rings is 1. The maximum absolute atomic E-state index is 11.1. The molecule has 0 aromatic carbocycles. The van der Waals surface area contributed by atoms with Crippen molar-refractivity contribution in [1.82, 2.24) is 4.98 Å². The third-order valence-corrected chi connectivity index (χ3v) is 3.92. The topological polar surface area (TPSA) is 96.6 Å². The molecular formula is C13H17N3O4. The van der Waals surface area contributed by atoms with Gasteiger partial charge in [0.15, 0.2) is 5.69 Å². The summed E-state index contributed by atoms with van der Waals surface area (Å²) in [5.74, 6) is -0.633. The third-order valence-electron chi connectivity index (χ3n) is 3.92. The lowest BCUT2D eigenvalue weighted by Gasteiger charge is -2.38. The lowest BCUT2D eigenvalue weighted by atomic mass is 9.92. The highest BCUT2D eigenvalue weighted by atomic mass is 16.6. The highest BCUT2D eigenvalue weighted by molar-refractivity contribution is 5.86. The molecule has 0 bridgehead atoms. The molecule has 1 aromatic heterocycles. The summed E-state index contributed by atoms with van der Waals surface area (Å²) in [6.07, 6.45) is 1.98. The number of rotatable bonds is 3. The molecule has 1 saturated heterocycles. The van der Waals surface area contributed by atoms with Gasteiger partial charge in [-0.05, 0) is 31.7 Å². The van der Waals surface area contributed by atoms with Crippen LogP contribution >= 0.6 is 0 Å². The monoisotopic (exact) mass is 279 g/mol. The Balaban J connectivity index is 2.49. The van der Waals surface area contributed by atoms with Crippen molar-refractivity contribution in [2.45, 2.75) is 32.7 Å². The second kappa shape index (κ2) is 5.44. The van der Waals surface area contributed by atoms with Gasteiger partial charge in [-0.2, -0.15) is 0 Å². The fourth-order valence-corrected chi connectivity index (χ4v) is 2.55. The number of carboxylic acids is 1. The van der Waals surface area contributed by atoms with Crippen LogP contribution < -0.4 is 4.90 Å². The third kappa shape index (κ3) is 2.56. The number of nitrogens with zero attached hydrogens (tertiary/aromatic N) is 3. The lowest BCUT2D eigenvalue weighted by Crippen LogP contribution is -2.43. The number of piperidine rings is 1. The molecule has 0 spiro atoms. The highest BCUT2D eigenvalue weighted by Gasteiger charge is 2.31. The summed E-state index contributed by atoms with van der Waals surface area (Å²) in [5.41, 5.74) is -0.313. The van der Waals surface area contributed by atoms with Crippen LogP contribution in [0, 0.1) is 16.0 Å². The van der Waals surface area contributed by atoms with Crippen molar-refractivity contribution in [3.05, 3.63) is 27.9 Å². The molecule has 0 radical (unpaired) electrons. The minimum Gasteiger partial charge on any atom is -0.477 e. The zero-order valence-corrected chi connectivity index (χ0v) is 11.4. The minimum atomic E-state index is -1.18. The van der Waals surface area contributed by atoms with E-state index in [1.807, 2.05) is 11.8 Å². The van der Waals surface area contributed by atoms with Gasteiger partial charge >= 0.3 is 11.7 Å². The molecule has 7 heteroatoms. The van der Waals surface area contributed by atoms with Crippen LogP contribution in [0.1, 0.15) is 37.2 Å². The van der Waals surface area contributed by atoms with E-state index in [9.17, 15) is 14.9 Å². The van der Waals surface area contributed by atoms with E-state index in [2.05, 4.69) is 11.9 Å². The number of carbonyl (C=O) groups is 1. The number of aromatic carboxylic acids is 1. The Bertz CT molecular complexity index is 546. The molecule has 108 valence electrons. The minimum absolute atomic E-state index is 0.0963. The Kier molecular flexibility index (Phi) is 3.87. The van der Waals surface area contributed by atoms with Crippen LogP contribution in [-0.2, 0) is 0 Å². The van der Waals surface area contributed by atoms with Gasteiger partial charge in [-0.1, -0.05) is 6.92 Å². The van der Waals surface area contributed by atoms with E-state index in [0.717, 1.165) is 12.8 Å². The molecule has 7 nitrogen and oxygen atoms in total. The van der Waals surface area contributed by atoms with Gasteiger partial charge in [0.25, 0.3) is 0 Å². The molecule has 1 fully saturated rings. The van der Waals surface area contributed by atoms with Gasteiger partial charge < -0.3 is 10.0 Å². The Morgan fingerprint density at radius 2 is 2.20 bits per heavy atom. The molecule has 1 aliphatic heterocycles. The van der Waals surface area contributed by atoms with Crippen LogP contribution in [-0.4, -0.2) is 33.6 Å². The van der Waals surface area contributed by atoms with E-state index in [4.69, 9.17) is 5.11 Å². The molecule has 0 aliphatic carbocycles. The van der Waals surface area contributed by atoms with Gasteiger partial charge in [0.05, 0.1) is 4.92 Å². The average Bonchev–Trinajstić information content (AvgIpc) is 2.41. The van der Waals surface area contributed by atoms with Crippen molar-refractivity contribution in [2.24, 2.45) is 5.92 Å². The SMILES string of the molecule is CC1CCCN(c2nc(C(=O)O)ccc2[N+](=O)[O-])C1C. The van der Waals surface area contributed by atoms with Crippen molar-refractivity contribution < 1.29 is 14.8 Å². The fraction of sp³-hybridized carbons (Fsp3) is 0.538. The van der Waals surface area contributed by atoms with Crippen molar-refractivity contribution in [2.75, 3.05) is 11.4 Å². The fourth-order valence-electron chi connectivity index (χ4n) is 2.55. The molecule has 2 heterocycles. The van der Waals surface area contributed by atoms with Crippen molar-refractivity contribution in [1.29, 1.82) is 0 Å². The predicted octanol–water partition coefficient (Wildman–Crippen LogP) is 2.31. The second-order valence-electron chi connectivity index (χ2n) is 5.15. The Labute approximate surface area is 116 Å². The van der Waals surface area contributed by atoms with E-state index in [1.54, 1.807) is 0 Å². The highest BCUT2D eigenvalue weighted by Crippen LogP contribution is 2.33. The van der Waals surface area contributed by atoms with Crippen LogP contribution in [0.4, 0.5) is 11.5 Å². The van der Waals surface area contributed by atoms with E-state index in [1.165, 1.54) is 12.1 Å². The van der Waals surface area contributed by atoms with Crippen molar-refractivity contribution in [3.63, 3.8) is 0 Å². The van der Waals surface area contributed by atoms with E-state index >= 15 is 0 Å². The van der Waals surface area contributed by atoms with Crippen LogP contribution in [0.25, 0.3) is 0 Å². The summed E-state index contributed by atoms with van der Waals surface area (Å²) in [6.45, 7) is 4.73. The molecule has 1 N–H and O–H groups in total. The molecule has 1 aliphatic rings. The molecule has 20 heavy (non-hydrogen) atoms. The van der Waals surface area contributed by atoms with Crippen LogP contribution in [0.2, 0.25) is 0 Å². The predicted molar refractivity (Wildman–Crippen MR) is 73.1 cm³/mol. The summed E-state index contributed by atoms with van der Waals surface area (Å²) in [6, 6.07) is 2.48. The lowest BCUT2D eigenvalue weighted by molar-refractivity contribution is -0.384. The van der Waals surface area contributed by atoms with E-state index in [-0.39, 0.29) is 23.2 Å². The van der Waals surface area contributed by atoms with Crippen molar-refractivity contribution in [3.8, 4) is 0 Å². The average molecular weight is 279 g/mol. The largest absolute Gasteiger partial charge is 0.477 e. The van der Waals surface area contributed by atoms with Crippen LogP contribution in [0.5, 0.6) is 0 Å². The zero-order valence-electron chi connectivity index (χ0n) is 11.4. The molecule has 2 rings (SSSR count). The number of hydrogen-bond donors (Lipinski definition) is 1. The quantitative estimate of drug-likeness (QED) is 0.673. The van der Waals surface area contributed by atoms with Crippen molar-refractivity contribution >= 4 is 17.5 Å². The Hall–Kier alpha value is -2.18. The molecule has 2 unspecified atom stereocenters. The second-order valence-corrected chi connectivity index (χ2v) is 5.15. The van der Waals surface area contributed by atoms with Gasteiger partial charge in [0.1, 0.15) is 0 Å². The first-order valence-corrected chi connectivity index (χ1v) is 6.57. The first-order valence-electron chi connectivity index (χ1n) is 6.57. The van der Waals surface area contributed by atoms with E-state index in [0.29, 0.717) is 12.5 Å². The van der Waals surface area contributed by atoms with E-state index < -0.39 is 10.9 Å². The molecular weight excluding hydrogens is 262 g/mol. The van der Waals surface area contributed by atoms with Crippen LogP contribution in [0.3, 0.4) is 0 Å². The normalized spacial score (nSPS) is 22.6. The van der Waals surface area contributed by atoms with Gasteiger partial charge in [-0.3, -0.25) is 10.1 Å². The molecule has 2 atom stereocenters. The molecule has 0 saturated carbocycles. The maximum atomic E-state index is 11.1. The number of carboxylic acid groups (broad SMARTS) is 1. The number of anilines is 1. The smallest absolute Gasteiger partial charge is 0.354 e. The zero-order chi connectivity index (χ0) is 14.9. The summed E-state index contributed by atoms with van der Waals surface area (Å²) < 4.78 is 0. The standard InChI is InChI=1S/C13H17N3O4/c1-8-4-3-7-15(9(8)2)12-11(16(19)20)6-5-10(14-12)13(17)18/h5-6,8-9H,3-4,7H2,1-2H3,(H,17,18). The Morgan fingerprint density at radius 3 is 2.80 bits per heavy atom. The summed E-state index contributed by atoms with van der Waals surface area (Å²) in [5, 5.41) is 20.1. The van der Waals surface area contributed by atoms with Gasteiger partial charge in [-0.15, -0.1) is 0 Å². The van der Waals surface area contributed by atoms with Crippen LogP contribution in [0.15, 0.2) is 12.1 Å². The van der Waals surface area contributed by atoms with Gasteiger partial charge in [0, 0.05) is 18.7 Å². The Morgan fingerprint density at radius 1 is 1.50 bits per heavy atom. The number of aromatic nitrogens is 1. The molecule has 0 amide bonds. The molecule has 1 aromatic rings. The summed E-state index contributed by atoms with van der Waals surface area (Å²) in [7, 11) is 0. The van der Waals surface area contributed by atoms with Gasteiger partial charge in [0.2, 0.25) is 5.82 Å². The maximum Gasteiger partial charge on any atom is 0.354 e. The number of hydrogen-bond acceptors (Lipinski definition) is 5. The number of nitro groups is 1. The summed E-state index contributed by atoms with van der Waals surface area (Å²) in [4.78, 5) is 27.5. The first kappa shape index (κ1) is 14.2. The summed E-state index contributed by atoms with van der Waals surface area (Å²) >= 11 is 0. The first-order chi connectivity index (χ1) is 9.41. The van der Waals surface area contributed by atoms with Gasteiger partial charge in [-0.25, -0.2) is 9.78 Å².